The lowest BCUT2D eigenvalue weighted by atomic mass is 9.78. The summed E-state index contributed by atoms with van der Waals surface area (Å²) in [7, 11) is 1.81. The SMILES string of the molecule is Cn1ccc(C(O)C(C)(C)c2ccc(F)cc2)n1. The quantitative estimate of drug-likeness (QED) is 0.906. The Bertz CT molecular complexity index is 531. The summed E-state index contributed by atoms with van der Waals surface area (Å²) in [6.45, 7) is 3.83. The van der Waals surface area contributed by atoms with Gasteiger partial charge in [-0.05, 0) is 23.8 Å². The molecule has 1 aromatic carbocycles. The van der Waals surface area contributed by atoms with Crippen molar-refractivity contribution in [2.45, 2.75) is 25.4 Å². The fraction of sp³-hybridized carbons (Fsp3) is 0.357. The van der Waals surface area contributed by atoms with Crippen molar-refractivity contribution >= 4 is 0 Å². The molecule has 0 saturated carbocycles. The van der Waals surface area contributed by atoms with Gasteiger partial charge in [-0.25, -0.2) is 4.39 Å². The van der Waals surface area contributed by atoms with Crippen LogP contribution in [0, 0.1) is 5.82 Å². The summed E-state index contributed by atoms with van der Waals surface area (Å²) in [5.41, 5.74) is 0.969. The topological polar surface area (TPSA) is 38.0 Å². The molecule has 96 valence electrons. The van der Waals surface area contributed by atoms with Gasteiger partial charge in [-0.15, -0.1) is 0 Å². The zero-order valence-electron chi connectivity index (χ0n) is 10.8. The molecule has 18 heavy (non-hydrogen) atoms. The number of hydrogen-bond acceptors (Lipinski definition) is 2. The third-order valence-electron chi connectivity index (χ3n) is 3.29. The molecule has 0 amide bonds. The molecule has 1 aromatic heterocycles. The predicted molar refractivity (Wildman–Crippen MR) is 67.6 cm³/mol. The van der Waals surface area contributed by atoms with E-state index in [1.165, 1.54) is 12.1 Å². The third kappa shape index (κ3) is 2.29. The fourth-order valence-electron chi connectivity index (χ4n) is 1.99. The van der Waals surface area contributed by atoms with E-state index in [0.717, 1.165) is 5.56 Å². The second-order valence-electron chi connectivity index (χ2n) is 5.05. The van der Waals surface area contributed by atoms with Crippen molar-refractivity contribution in [1.29, 1.82) is 0 Å². The van der Waals surface area contributed by atoms with Crippen LogP contribution in [-0.2, 0) is 12.5 Å². The first-order valence-electron chi connectivity index (χ1n) is 5.85. The Labute approximate surface area is 106 Å². The number of aryl methyl sites for hydroxylation is 1. The molecule has 0 spiro atoms. The molecule has 0 aliphatic heterocycles. The fourth-order valence-corrected chi connectivity index (χ4v) is 1.99. The van der Waals surface area contributed by atoms with E-state index < -0.39 is 11.5 Å². The van der Waals surface area contributed by atoms with Gasteiger partial charge < -0.3 is 5.11 Å². The van der Waals surface area contributed by atoms with Crippen LogP contribution in [0.15, 0.2) is 36.5 Å². The molecule has 0 saturated heterocycles. The highest BCUT2D eigenvalue weighted by molar-refractivity contribution is 5.28. The highest BCUT2D eigenvalue weighted by Crippen LogP contribution is 2.35. The zero-order chi connectivity index (χ0) is 13.3. The summed E-state index contributed by atoms with van der Waals surface area (Å²) in [6, 6.07) is 7.99. The van der Waals surface area contributed by atoms with E-state index in [0.29, 0.717) is 5.69 Å². The van der Waals surface area contributed by atoms with Crippen molar-refractivity contribution in [2.24, 2.45) is 7.05 Å². The van der Waals surface area contributed by atoms with E-state index >= 15 is 0 Å². The van der Waals surface area contributed by atoms with E-state index in [2.05, 4.69) is 5.10 Å². The molecule has 3 nitrogen and oxygen atoms in total. The van der Waals surface area contributed by atoms with Crippen LogP contribution in [0.4, 0.5) is 4.39 Å². The van der Waals surface area contributed by atoms with Crippen molar-refractivity contribution in [3.63, 3.8) is 0 Å². The number of rotatable bonds is 3. The summed E-state index contributed by atoms with van der Waals surface area (Å²) in [5.74, 6) is -0.276. The van der Waals surface area contributed by atoms with Crippen LogP contribution in [-0.4, -0.2) is 14.9 Å². The number of halogens is 1. The van der Waals surface area contributed by atoms with Gasteiger partial charge >= 0.3 is 0 Å². The molecule has 4 heteroatoms. The van der Waals surface area contributed by atoms with E-state index in [1.54, 1.807) is 36.1 Å². The molecule has 0 radical (unpaired) electrons. The Morgan fingerprint density at radius 2 is 1.83 bits per heavy atom. The predicted octanol–water partition coefficient (Wildman–Crippen LogP) is 2.57. The van der Waals surface area contributed by atoms with Gasteiger partial charge in [0, 0.05) is 18.7 Å². The summed E-state index contributed by atoms with van der Waals surface area (Å²) in [4.78, 5) is 0. The molecule has 0 aliphatic rings. The molecule has 2 rings (SSSR count). The van der Waals surface area contributed by atoms with Crippen molar-refractivity contribution in [3.8, 4) is 0 Å². The summed E-state index contributed by atoms with van der Waals surface area (Å²) >= 11 is 0. The molecule has 1 atom stereocenters. The van der Waals surface area contributed by atoms with Gasteiger partial charge in [-0.1, -0.05) is 26.0 Å². The van der Waals surface area contributed by atoms with Gasteiger partial charge in [0.1, 0.15) is 11.9 Å². The molecule has 0 fully saturated rings. The van der Waals surface area contributed by atoms with Crippen LogP contribution in [0.25, 0.3) is 0 Å². The van der Waals surface area contributed by atoms with E-state index in [1.807, 2.05) is 13.8 Å². The van der Waals surface area contributed by atoms with Gasteiger partial charge in [0.15, 0.2) is 0 Å². The minimum absolute atomic E-state index is 0.276. The number of hydrogen-bond donors (Lipinski definition) is 1. The minimum atomic E-state index is -0.732. The van der Waals surface area contributed by atoms with Crippen molar-refractivity contribution in [1.82, 2.24) is 9.78 Å². The van der Waals surface area contributed by atoms with Gasteiger partial charge in [0.25, 0.3) is 0 Å². The van der Waals surface area contributed by atoms with E-state index in [9.17, 15) is 9.50 Å². The van der Waals surface area contributed by atoms with Crippen molar-refractivity contribution in [3.05, 3.63) is 53.6 Å². The normalized spacial score (nSPS) is 13.6. The van der Waals surface area contributed by atoms with Crippen LogP contribution in [0.3, 0.4) is 0 Å². The van der Waals surface area contributed by atoms with Gasteiger partial charge in [0.2, 0.25) is 0 Å². The first-order valence-corrected chi connectivity index (χ1v) is 5.85. The van der Waals surface area contributed by atoms with E-state index in [-0.39, 0.29) is 5.82 Å². The molecular formula is C14H17FN2O. The van der Waals surface area contributed by atoms with Crippen LogP contribution in [0.2, 0.25) is 0 Å². The van der Waals surface area contributed by atoms with Crippen LogP contribution >= 0.6 is 0 Å². The van der Waals surface area contributed by atoms with Crippen molar-refractivity contribution in [2.75, 3.05) is 0 Å². The molecule has 1 N–H and O–H groups in total. The Morgan fingerprint density at radius 3 is 2.33 bits per heavy atom. The lowest BCUT2D eigenvalue weighted by Gasteiger charge is -2.30. The summed E-state index contributed by atoms with van der Waals surface area (Å²) in [6.07, 6.45) is 1.06. The first kappa shape index (κ1) is 12.8. The van der Waals surface area contributed by atoms with Crippen LogP contribution in [0.1, 0.15) is 31.2 Å². The van der Waals surface area contributed by atoms with Gasteiger partial charge in [0.05, 0.1) is 5.69 Å². The standard InChI is InChI=1S/C14H17FN2O/c1-14(2,10-4-6-11(15)7-5-10)13(18)12-8-9-17(3)16-12/h4-9,13,18H,1-3H3. The van der Waals surface area contributed by atoms with Gasteiger partial charge in [-0.3, -0.25) is 4.68 Å². The zero-order valence-corrected chi connectivity index (χ0v) is 10.8. The maximum absolute atomic E-state index is 12.9. The summed E-state index contributed by atoms with van der Waals surface area (Å²) < 4.78 is 14.6. The van der Waals surface area contributed by atoms with Crippen LogP contribution < -0.4 is 0 Å². The number of nitrogens with zero attached hydrogens (tertiary/aromatic N) is 2. The molecule has 0 aliphatic carbocycles. The Balaban J connectivity index is 2.32. The third-order valence-corrected chi connectivity index (χ3v) is 3.29. The number of aliphatic hydroxyl groups excluding tert-OH is 1. The second-order valence-corrected chi connectivity index (χ2v) is 5.05. The first-order chi connectivity index (χ1) is 8.41. The molecule has 1 unspecified atom stereocenters. The Kier molecular flexibility index (Phi) is 3.22. The maximum atomic E-state index is 12.9. The lowest BCUT2D eigenvalue weighted by Crippen LogP contribution is -2.27. The number of benzene rings is 1. The molecule has 2 aromatic rings. The largest absolute Gasteiger partial charge is 0.386 e. The van der Waals surface area contributed by atoms with Crippen LogP contribution in [0.5, 0.6) is 0 Å². The summed E-state index contributed by atoms with van der Waals surface area (Å²) in [5, 5.41) is 14.6. The Morgan fingerprint density at radius 1 is 1.22 bits per heavy atom. The average Bonchev–Trinajstić information content (AvgIpc) is 2.75. The molecule has 0 bridgehead atoms. The molecule has 1 heterocycles. The highest BCUT2D eigenvalue weighted by Gasteiger charge is 2.32. The van der Waals surface area contributed by atoms with Gasteiger partial charge in [-0.2, -0.15) is 5.10 Å². The minimum Gasteiger partial charge on any atom is -0.386 e. The number of aromatic nitrogens is 2. The van der Waals surface area contributed by atoms with E-state index in [4.69, 9.17) is 0 Å². The highest BCUT2D eigenvalue weighted by atomic mass is 19.1. The smallest absolute Gasteiger partial charge is 0.123 e. The lowest BCUT2D eigenvalue weighted by molar-refractivity contribution is 0.0955. The Hall–Kier alpha value is -1.68. The maximum Gasteiger partial charge on any atom is 0.123 e. The second kappa shape index (κ2) is 4.53. The number of aliphatic hydroxyl groups is 1. The molecular weight excluding hydrogens is 231 g/mol. The van der Waals surface area contributed by atoms with Crippen molar-refractivity contribution < 1.29 is 9.50 Å². The monoisotopic (exact) mass is 248 g/mol. The average molecular weight is 248 g/mol.